The molecule has 0 spiro atoms. The number of H-pyrrole nitrogens is 1. The number of nitrogens with one attached hydrogen (secondary N) is 2. The van der Waals surface area contributed by atoms with Crippen molar-refractivity contribution in [3.63, 3.8) is 0 Å². The van der Waals surface area contributed by atoms with Gasteiger partial charge in [-0.05, 0) is 12.1 Å². The summed E-state index contributed by atoms with van der Waals surface area (Å²) < 4.78 is 4.80. The van der Waals surface area contributed by atoms with Crippen LogP contribution in [0.1, 0.15) is 21.0 Å². The van der Waals surface area contributed by atoms with Gasteiger partial charge in [-0.25, -0.2) is 4.98 Å². The smallest absolute Gasteiger partial charge is 0.294 e. The van der Waals surface area contributed by atoms with E-state index in [4.69, 9.17) is 10.3 Å². The van der Waals surface area contributed by atoms with Gasteiger partial charge in [0.05, 0.1) is 5.69 Å². The molecule has 0 aliphatic heterocycles. The van der Waals surface area contributed by atoms with E-state index in [0.717, 1.165) is 5.56 Å². The lowest BCUT2D eigenvalue weighted by molar-refractivity contribution is 0.0973. The fourth-order valence-electron chi connectivity index (χ4n) is 1.89. The highest BCUT2D eigenvalue weighted by atomic mass is 16.5. The Morgan fingerprint density at radius 1 is 1.27 bits per heavy atom. The Kier molecular flexibility index (Phi) is 3.40. The molecule has 0 saturated carbocycles. The molecule has 0 radical (unpaired) electrons. The van der Waals surface area contributed by atoms with Gasteiger partial charge in [0.1, 0.15) is 5.82 Å². The minimum atomic E-state index is -0.765. The van der Waals surface area contributed by atoms with E-state index in [-0.39, 0.29) is 11.5 Å². The van der Waals surface area contributed by atoms with Gasteiger partial charge in [0, 0.05) is 24.0 Å². The number of nitrogens with two attached hydrogens (primary N) is 1. The molecule has 0 bridgehead atoms. The molecule has 22 heavy (non-hydrogen) atoms. The summed E-state index contributed by atoms with van der Waals surface area (Å²) in [7, 11) is 0. The van der Waals surface area contributed by atoms with Gasteiger partial charge in [0.25, 0.3) is 11.8 Å². The normalized spacial score (nSPS) is 10.4. The van der Waals surface area contributed by atoms with Crippen LogP contribution in [-0.2, 0) is 0 Å². The highest BCUT2D eigenvalue weighted by molar-refractivity contribution is 6.05. The molecule has 3 aromatic rings. The fraction of sp³-hybridized carbons (Fsp3) is 0. The number of hydrogen-bond acceptors (Lipinski definition) is 5. The number of imidazole rings is 1. The second-order valence-electron chi connectivity index (χ2n) is 4.38. The number of anilines is 1. The Bertz CT molecular complexity index is 823. The van der Waals surface area contributed by atoms with E-state index < -0.39 is 11.8 Å². The summed E-state index contributed by atoms with van der Waals surface area (Å²) in [5, 5.41) is 6.10. The molecule has 2 aromatic heterocycles. The lowest BCUT2D eigenvalue weighted by Crippen LogP contribution is -2.13. The molecular weight excluding hydrogens is 286 g/mol. The molecule has 4 N–H and O–H groups in total. The first kappa shape index (κ1) is 13.6. The third kappa shape index (κ3) is 2.57. The van der Waals surface area contributed by atoms with Crippen molar-refractivity contribution in [3.8, 4) is 11.4 Å². The average Bonchev–Trinajstić information content (AvgIpc) is 3.19. The second-order valence-corrected chi connectivity index (χ2v) is 4.38. The molecule has 8 nitrogen and oxygen atoms in total. The predicted octanol–water partition coefficient (Wildman–Crippen LogP) is 1.42. The third-order valence-corrected chi connectivity index (χ3v) is 2.92. The van der Waals surface area contributed by atoms with Crippen LogP contribution in [0, 0.1) is 0 Å². The van der Waals surface area contributed by atoms with Crippen molar-refractivity contribution in [3.05, 3.63) is 54.2 Å². The number of hydrogen-bond donors (Lipinski definition) is 3. The molecule has 0 unspecified atom stereocenters. The lowest BCUT2D eigenvalue weighted by Gasteiger charge is -2.07. The largest absolute Gasteiger partial charge is 0.364 e. The number of nitrogens with zero attached hydrogens (tertiary/aromatic N) is 2. The maximum atomic E-state index is 12.1. The number of rotatable bonds is 4. The molecule has 0 fully saturated rings. The number of carbonyl (C=O) groups excluding carboxylic acids is 2. The maximum absolute atomic E-state index is 12.1. The van der Waals surface area contributed by atoms with Gasteiger partial charge in [0.15, 0.2) is 5.69 Å². The van der Waals surface area contributed by atoms with E-state index in [1.807, 2.05) is 12.1 Å². The van der Waals surface area contributed by atoms with Gasteiger partial charge < -0.3 is 20.6 Å². The molecule has 0 aliphatic carbocycles. The number of benzene rings is 1. The minimum Gasteiger partial charge on any atom is -0.364 e. The average molecular weight is 297 g/mol. The zero-order valence-corrected chi connectivity index (χ0v) is 11.2. The van der Waals surface area contributed by atoms with Gasteiger partial charge in [0.2, 0.25) is 5.76 Å². The first-order valence-corrected chi connectivity index (χ1v) is 6.32. The third-order valence-electron chi connectivity index (χ3n) is 2.92. The summed E-state index contributed by atoms with van der Waals surface area (Å²) in [6, 6.07) is 8.32. The summed E-state index contributed by atoms with van der Waals surface area (Å²) in [6.07, 6.45) is 3.30. The Labute approximate surface area is 124 Å². The number of amides is 2. The first-order valence-electron chi connectivity index (χ1n) is 6.32. The van der Waals surface area contributed by atoms with E-state index in [9.17, 15) is 9.59 Å². The van der Waals surface area contributed by atoms with Crippen molar-refractivity contribution < 1.29 is 14.1 Å². The van der Waals surface area contributed by atoms with Crippen molar-refractivity contribution in [2.24, 2.45) is 5.73 Å². The molecule has 0 aliphatic rings. The van der Waals surface area contributed by atoms with E-state index in [2.05, 4.69) is 20.4 Å². The van der Waals surface area contributed by atoms with Crippen molar-refractivity contribution in [2.45, 2.75) is 0 Å². The van der Waals surface area contributed by atoms with Gasteiger partial charge in [-0.1, -0.05) is 17.3 Å². The Morgan fingerprint density at radius 3 is 2.77 bits per heavy atom. The van der Waals surface area contributed by atoms with Crippen LogP contribution in [-0.4, -0.2) is 26.9 Å². The van der Waals surface area contributed by atoms with Crippen LogP contribution in [0.5, 0.6) is 0 Å². The van der Waals surface area contributed by atoms with Gasteiger partial charge in [-0.2, -0.15) is 0 Å². The van der Waals surface area contributed by atoms with Gasteiger partial charge >= 0.3 is 0 Å². The fourth-order valence-corrected chi connectivity index (χ4v) is 1.89. The minimum absolute atomic E-state index is 0.107. The van der Waals surface area contributed by atoms with Crippen molar-refractivity contribution in [2.75, 3.05) is 5.32 Å². The summed E-state index contributed by atoms with van der Waals surface area (Å²) in [5.74, 6) is -0.799. The van der Waals surface area contributed by atoms with Crippen LogP contribution in [0.4, 0.5) is 5.69 Å². The van der Waals surface area contributed by atoms with Crippen molar-refractivity contribution >= 4 is 17.5 Å². The Morgan fingerprint density at radius 2 is 2.09 bits per heavy atom. The molecule has 0 atom stereocenters. The summed E-state index contributed by atoms with van der Waals surface area (Å²) in [5.41, 5.74) is 6.21. The zero-order chi connectivity index (χ0) is 15.5. The number of carbonyl (C=O) groups is 2. The zero-order valence-electron chi connectivity index (χ0n) is 11.2. The molecule has 3 rings (SSSR count). The van der Waals surface area contributed by atoms with Crippen LogP contribution in [0.15, 0.2) is 47.2 Å². The van der Waals surface area contributed by atoms with E-state index >= 15 is 0 Å². The van der Waals surface area contributed by atoms with E-state index in [1.54, 1.807) is 24.5 Å². The van der Waals surface area contributed by atoms with Gasteiger partial charge in [-0.15, -0.1) is 0 Å². The molecule has 110 valence electrons. The number of primary amides is 1. The summed E-state index contributed by atoms with van der Waals surface area (Å²) in [6.45, 7) is 0. The van der Waals surface area contributed by atoms with Crippen molar-refractivity contribution in [1.29, 1.82) is 0 Å². The molecule has 2 heterocycles. The van der Waals surface area contributed by atoms with E-state index in [0.29, 0.717) is 11.5 Å². The Hall–Kier alpha value is -3.42. The van der Waals surface area contributed by atoms with Gasteiger partial charge in [-0.3, -0.25) is 9.59 Å². The highest BCUT2D eigenvalue weighted by Crippen LogP contribution is 2.25. The molecule has 2 amide bonds. The number of aromatic nitrogens is 3. The SMILES string of the molecule is NC(=O)c1cc(C(=O)Nc2ccccc2-c2ncc[nH]2)on1. The van der Waals surface area contributed by atoms with Crippen LogP contribution in [0.25, 0.3) is 11.4 Å². The van der Waals surface area contributed by atoms with Crippen LogP contribution in [0.2, 0.25) is 0 Å². The molecule has 1 aromatic carbocycles. The monoisotopic (exact) mass is 297 g/mol. The van der Waals surface area contributed by atoms with Crippen LogP contribution in [0.3, 0.4) is 0 Å². The van der Waals surface area contributed by atoms with Crippen molar-refractivity contribution in [1.82, 2.24) is 15.1 Å². The van der Waals surface area contributed by atoms with Crippen LogP contribution < -0.4 is 11.1 Å². The molecular formula is C14H11N5O3. The summed E-state index contributed by atoms with van der Waals surface area (Å²) in [4.78, 5) is 30.2. The molecule has 0 saturated heterocycles. The highest BCUT2D eigenvalue weighted by Gasteiger charge is 2.17. The lowest BCUT2D eigenvalue weighted by atomic mass is 10.1. The standard InChI is InChI=1S/C14H11N5O3/c15-12(20)10-7-11(22-19-10)14(21)18-9-4-2-1-3-8(9)13-16-5-6-17-13/h1-7H,(H2,15,20)(H,16,17)(H,18,21). The quantitative estimate of drug-likeness (QED) is 0.671. The predicted molar refractivity (Wildman–Crippen MR) is 77.0 cm³/mol. The number of para-hydroxylation sites is 1. The first-order chi connectivity index (χ1) is 10.6. The molecule has 8 heteroatoms. The number of aromatic amines is 1. The maximum Gasteiger partial charge on any atom is 0.294 e. The van der Waals surface area contributed by atoms with Crippen LogP contribution >= 0.6 is 0 Å². The topological polar surface area (TPSA) is 127 Å². The van der Waals surface area contributed by atoms with E-state index in [1.165, 1.54) is 6.07 Å². The second kappa shape index (κ2) is 5.52. The Balaban J connectivity index is 1.87. The summed E-state index contributed by atoms with van der Waals surface area (Å²) >= 11 is 0.